The maximum Gasteiger partial charge on any atom is 0.276 e. The number of likely N-dealkylation sites (tertiary alicyclic amines) is 1. The van der Waals surface area contributed by atoms with Gasteiger partial charge in [-0.05, 0) is 25.0 Å². The molecular formula is C18H27Cl2N7O. The molecule has 2 aromatic rings. The van der Waals surface area contributed by atoms with Gasteiger partial charge < -0.3 is 10.2 Å². The van der Waals surface area contributed by atoms with E-state index in [-0.39, 0.29) is 36.8 Å². The van der Waals surface area contributed by atoms with Gasteiger partial charge in [0, 0.05) is 45.5 Å². The Bertz CT molecular complexity index is 737. The number of pyridine rings is 1. The number of nitrogens with one attached hydrogen (secondary N) is 1. The highest BCUT2D eigenvalue weighted by molar-refractivity contribution is 5.92. The van der Waals surface area contributed by atoms with E-state index in [9.17, 15) is 4.79 Å². The van der Waals surface area contributed by atoms with E-state index >= 15 is 0 Å². The Hall–Kier alpha value is -1.74. The van der Waals surface area contributed by atoms with E-state index in [1.807, 2.05) is 23.1 Å². The molecule has 4 rings (SSSR count). The van der Waals surface area contributed by atoms with Crippen molar-refractivity contribution in [1.82, 2.24) is 35.1 Å². The summed E-state index contributed by atoms with van der Waals surface area (Å²) in [4.78, 5) is 21.6. The quantitative estimate of drug-likeness (QED) is 0.776. The number of halogens is 2. The van der Waals surface area contributed by atoms with Gasteiger partial charge in [-0.2, -0.15) is 0 Å². The highest BCUT2D eigenvalue weighted by Crippen LogP contribution is 2.31. The number of carbonyl (C=O) groups is 1. The van der Waals surface area contributed by atoms with Gasteiger partial charge in [0.15, 0.2) is 5.69 Å². The lowest BCUT2D eigenvalue weighted by Crippen LogP contribution is -2.44. The minimum atomic E-state index is -0.0495. The van der Waals surface area contributed by atoms with Gasteiger partial charge in [0.25, 0.3) is 5.91 Å². The van der Waals surface area contributed by atoms with Crippen molar-refractivity contribution in [3.05, 3.63) is 42.0 Å². The van der Waals surface area contributed by atoms with Crippen LogP contribution in [0.1, 0.15) is 35.1 Å². The van der Waals surface area contributed by atoms with E-state index in [0.29, 0.717) is 5.69 Å². The van der Waals surface area contributed by atoms with E-state index in [0.717, 1.165) is 64.3 Å². The molecule has 2 aliphatic heterocycles. The molecule has 1 unspecified atom stereocenters. The number of amides is 1. The lowest BCUT2D eigenvalue weighted by molar-refractivity contribution is 0.0727. The topological polar surface area (TPSA) is 79.2 Å². The maximum absolute atomic E-state index is 12.9. The zero-order chi connectivity index (χ0) is 17.8. The van der Waals surface area contributed by atoms with Gasteiger partial charge >= 0.3 is 0 Å². The number of piperazine rings is 1. The molecule has 2 aromatic heterocycles. The fourth-order valence-corrected chi connectivity index (χ4v) is 3.72. The SMILES string of the molecule is Cl.Cl.O=C(c1cn(CCN2CCNCC2)nn1)N1CCCC1c1ccccn1. The lowest BCUT2D eigenvalue weighted by atomic mass is 10.1. The molecule has 0 spiro atoms. The molecule has 1 amide bonds. The molecule has 0 saturated carbocycles. The number of hydrogen-bond acceptors (Lipinski definition) is 6. The summed E-state index contributed by atoms with van der Waals surface area (Å²) in [5.41, 5.74) is 1.37. The normalized spacial score (nSPS) is 19.7. The summed E-state index contributed by atoms with van der Waals surface area (Å²) < 4.78 is 1.78. The standard InChI is InChI=1S/C18H25N7O.2ClH/c26-18(25-9-3-5-17(25)15-4-1-2-6-20-15)16-14-24(22-21-16)13-12-23-10-7-19-8-11-23;;/h1-2,4,6,14,17,19H,3,5,7-13H2;2*1H. The highest BCUT2D eigenvalue weighted by Gasteiger charge is 2.32. The van der Waals surface area contributed by atoms with Gasteiger partial charge in [-0.3, -0.25) is 19.4 Å². The molecule has 1 atom stereocenters. The van der Waals surface area contributed by atoms with E-state index < -0.39 is 0 Å². The molecule has 10 heteroatoms. The predicted octanol–water partition coefficient (Wildman–Crippen LogP) is 1.40. The van der Waals surface area contributed by atoms with Crippen molar-refractivity contribution >= 4 is 30.7 Å². The Labute approximate surface area is 177 Å². The van der Waals surface area contributed by atoms with Crippen LogP contribution >= 0.6 is 24.8 Å². The Morgan fingerprint density at radius 3 is 2.71 bits per heavy atom. The van der Waals surface area contributed by atoms with Crippen molar-refractivity contribution in [2.75, 3.05) is 39.3 Å². The molecule has 2 saturated heterocycles. The first-order valence-corrected chi connectivity index (χ1v) is 9.36. The molecular weight excluding hydrogens is 401 g/mol. The second-order valence-electron chi connectivity index (χ2n) is 6.87. The van der Waals surface area contributed by atoms with Crippen LogP contribution in [0.25, 0.3) is 0 Å². The summed E-state index contributed by atoms with van der Waals surface area (Å²) in [6, 6.07) is 5.89. The summed E-state index contributed by atoms with van der Waals surface area (Å²) in [5.74, 6) is -0.0495. The number of hydrogen-bond donors (Lipinski definition) is 1. The van der Waals surface area contributed by atoms with Gasteiger partial charge in [-0.25, -0.2) is 0 Å². The molecule has 0 aromatic carbocycles. The third-order valence-corrected chi connectivity index (χ3v) is 5.16. The van der Waals surface area contributed by atoms with Gasteiger partial charge in [0.05, 0.1) is 24.5 Å². The number of rotatable bonds is 5. The zero-order valence-electron chi connectivity index (χ0n) is 15.7. The molecule has 4 heterocycles. The molecule has 8 nitrogen and oxygen atoms in total. The second-order valence-corrected chi connectivity index (χ2v) is 6.87. The molecule has 28 heavy (non-hydrogen) atoms. The van der Waals surface area contributed by atoms with Crippen LogP contribution in [0.5, 0.6) is 0 Å². The van der Waals surface area contributed by atoms with E-state index in [1.165, 1.54) is 0 Å². The largest absolute Gasteiger partial charge is 0.329 e. The van der Waals surface area contributed by atoms with Crippen molar-refractivity contribution in [2.24, 2.45) is 0 Å². The summed E-state index contributed by atoms with van der Waals surface area (Å²) in [7, 11) is 0. The summed E-state index contributed by atoms with van der Waals surface area (Å²) >= 11 is 0. The Morgan fingerprint density at radius 1 is 1.14 bits per heavy atom. The van der Waals surface area contributed by atoms with Crippen LogP contribution in [0.3, 0.4) is 0 Å². The van der Waals surface area contributed by atoms with Gasteiger partial charge in [-0.1, -0.05) is 11.3 Å². The van der Waals surface area contributed by atoms with Gasteiger partial charge in [0.1, 0.15) is 0 Å². The molecule has 1 N–H and O–H groups in total. The molecule has 2 fully saturated rings. The van der Waals surface area contributed by atoms with Crippen LogP contribution in [0.4, 0.5) is 0 Å². The van der Waals surface area contributed by atoms with Crippen molar-refractivity contribution in [2.45, 2.75) is 25.4 Å². The Balaban J connectivity index is 0.00000140. The third-order valence-electron chi connectivity index (χ3n) is 5.16. The smallest absolute Gasteiger partial charge is 0.276 e. The molecule has 154 valence electrons. The molecule has 0 radical (unpaired) electrons. The van der Waals surface area contributed by atoms with Gasteiger partial charge in [-0.15, -0.1) is 29.9 Å². The second kappa shape index (κ2) is 10.7. The summed E-state index contributed by atoms with van der Waals surface area (Å²) in [6.07, 6.45) is 5.49. The number of nitrogens with zero attached hydrogens (tertiary/aromatic N) is 6. The first-order chi connectivity index (χ1) is 12.8. The monoisotopic (exact) mass is 427 g/mol. The van der Waals surface area contributed by atoms with Crippen LogP contribution in [-0.2, 0) is 6.54 Å². The third kappa shape index (κ3) is 5.20. The first kappa shape index (κ1) is 22.5. The van der Waals surface area contributed by atoms with Crippen molar-refractivity contribution in [1.29, 1.82) is 0 Å². The minimum absolute atomic E-state index is 0. The van der Waals surface area contributed by atoms with Crippen molar-refractivity contribution in [3.8, 4) is 0 Å². The zero-order valence-corrected chi connectivity index (χ0v) is 17.4. The molecule has 2 aliphatic rings. The van der Waals surface area contributed by atoms with Crippen molar-refractivity contribution < 1.29 is 4.79 Å². The lowest BCUT2D eigenvalue weighted by Gasteiger charge is -2.26. The highest BCUT2D eigenvalue weighted by atomic mass is 35.5. The van der Waals surface area contributed by atoms with Crippen molar-refractivity contribution in [3.63, 3.8) is 0 Å². The molecule has 0 aliphatic carbocycles. The minimum Gasteiger partial charge on any atom is -0.329 e. The van der Waals surface area contributed by atoms with E-state index in [2.05, 4.69) is 25.5 Å². The fourth-order valence-electron chi connectivity index (χ4n) is 3.72. The fraction of sp³-hybridized carbons (Fsp3) is 0.556. The average molecular weight is 428 g/mol. The Kier molecular flexibility index (Phi) is 8.62. The van der Waals surface area contributed by atoms with Crippen LogP contribution in [0.15, 0.2) is 30.6 Å². The maximum atomic E-state index is 12.9. The van der Waals surface area contributed by atoms with E-state index in [1.54, 1.807) is 17.1 Å². The number of aromatic nitrogens is 4. The average Bonchev–Trinajstić information content (AvgIpc) is 3.37. The predicted molar refractivity (Wildman–Crippen MR) is 111 cm³/mol. The first-order valence-electron chi connectivity index (χ1n) is 9.36. The van der Waals surface area contributed by atoms with Crippen LogP contribution < -0.4 is 5.32 Å². The summed E-state index contributed by atoms with van der Waals surface area (Å²) in [6.45, 7) is 6.60. The van der Waals surface area contributed by atoms with Crippen LogP contribution in [0.2, 0.25) is 0 Å². The van der Waals surface area contributed by atoms with Crippen LogP contribution in [0, 0.1) is 0 Å². The summed E-state index contributed by atoms with van der Waals surface area (Å²) in [5, 5.41) is 11.6. The number of carbonyl (C=O) groups excluding carboxylic acids is 1. The van der Waals surface area contributed by atoms with Crippen LogP contribution in [-0.4, -0.2) is 75.0 Å². The molecule has 0 bridgehead atoms. The van der Waals surface area contributed by atoms with Gasteiger partial charge in [0.2, 0.25) is 0 Å². The van der Waals surface area contributed by atoms with E-state index in [4.69, 9.17) is 0 Å². The Morgan fingerprint density at radius 2 is 1.96 bits per heavy atom.